The van der Waals surface area contributed by atoms with E-state index in [4.69, 9.17) is 0 Å². The van der Waals surface area contributed by atoms with Gasteiger partial charge < -0.3 is 15.0 Å². The molecular weight excluding hydrogens is 220 g/mol. The first-order chi connectivity index (χ1) is 8.01. The third kappa shape index (κ3) is 3.70. The van der Waals surface area contributed by atoms with Gasteiger partial charge in [0, 0.05) is 20.0 Å². The number of likely N-dealkylation sites (tertiary alicyclic amines) is 1. The molecule has 0 radical (unpaired) electrons. The number of rotatable bonds is 5. The monoisotopic (exact) mass is 242 g/mol. The maximum absolute atomic E-state index is 11.7. The van der Waals surface area contributed by atoms with Crippen molar-refractivity contribution >= 4 is 11.9 Å². The molecular formula is C12H22N2O3. The summed E-state index contributed by atoms with van der Waals surface area (Å²) in [5.41, 5.74) is -0.278. The van der Waals surface area contributed by atoms with E-state index in [1.54, 1.807) is 7.05 Å². The van der Waals surface area contributed by atoms with E-state index in [1.165, 1.54) is 7.11 Å². The van der Waals surface area contributed by atoms with E-state index in [0.717, 1.165) is 32.5 Å². The number of esters is 1. The summed E-state index contributed by atoms with van der Waals surface area (Å²) in [7, 11) is 3.08. The van der Waals surface area contributed by atoms with Crippen LogP contribution in [0.15, 0.2) is 0 Å². The van der Waals surface area contributed by atoms with Crippen molar-refractivity contribution in [1.82, 2.24) is 10.2 Å². The van der Waals surface area contributed by atoms with Crippen LogP contribution in [0.2, 0.25) is 0 Å². The number of carbonyl (C=O) groups is 2. The average Bonchev–Trinajstić information content (AvgIpc) is 2.71. The second-order valence-electron chi connectivity index (χ2n) is 4.85. The maximum atomic E-state index is 11.7. The number of amides is 1. The standard InChI is InChI=1S/C12H22N2O3/c1-12(11(16)13-2)6-8-14(9-12)7-4-5-10(15)17-3/h4-9H2,1-3H3,(H,13,16). The SMILES string of the molecule is CNC(=O)C1(C)CCN(CCCC(=O)OC)C1. The second kappa shape index (κ2) is 6.00. The minimum absolute atomic E-state index is 0.105. The fourth-order valence-electron chi connectivity index (χ4n) is 2.28. The Kier molecular flexibility index (Phi) is 4.93. The molecule has 1 atom stereocenters. The normalized spacial score (nSPS) is 24.6. The molecule has 1 unspecified atom stereocenters. The molecule has 0 aliphatic carbocycles. The molecule has 0 aromatic rings. The average molecular weight is 242 g/mol. The van der Waals surface area contributed by atoms with Crippen molar-refractivity contribution in [3.63, 3.8) is 0 Å². The van der Waals surface area contributed by atoms with Crippen LogP contribution < -0.4 is 5.32 Å². The van der Waals surface area contributed by atoms with Crippen LogP contribution in [0.3, 0.4) is 0 Å². The molecule has 0 aromatic heterocycles. The minimum atomic E-state index is -0.278. The zero-order chi connectivity index (χ0) is 12.9. The number of hydrogen-bond acceptors (Lipinski definition) is 4. The summed E-state index contributed by atoms with van der Waals surface area (Å²) in [6, 6.07) is 0. The van der Waals surface area contributed by atoms with Gasteiger partial charge in [-0.25, -0.2) is 0 Å². The van der Waals surface area contributed by atoms with Gasteiger partial charge in [0.05, 0.1) is 12.5 Å². The lowest BCUT2D eigenvalue weighted by atomic mass is 9.89. The highest BCUT2D eigenvalue weighted by atomic mass is 16.5. The molecule has 0 bridgehead atoms. The summed E-state index contributed by atoms with van der Waals surface area (Å²) >= 11 is 0. The second-order valence-corrected chi connectivity index (χ2v) is 4.85. The number of nitrogens with zero attached hydrogens (tertiary/aromatic N) is 1. The van der Waals surface area contributed by atoms with Crippen molar-refractivity contribution in [2.45, 2.75) is 26.2 Å². The van der Waals surface area contributed by atoms with Crippen LogP contribution in [-0.4, -0.2) is 50.6 Å². The zero-order valence-corrected chi connectivity index (χ0v) is 10.9. The minimum Gasteiger partial charge on any atom is -0.469 e. The van der Waals surface area contributed by atoms with Crippen molar-refractivity contribution < 1.29 is 14.3 Å². The lowest BCUT2D eigenvalue weighted by Crippen LogP contribution is -2.39. The van der Waals surface area contributed by atoms with Crippen LogP contribution in [-0.2, 0) is 14.3 Å². The van der Waals surface area contributed by atoms with Gasteiger partial charge in [0.2, 0.25) is 5.91 Å². The van der Waals surface area contributed by atoms with Gasteiger partial charge in [0.25, 0.3) is 0 Å². The summed E-state index contributed by atoms with van der Waals surface area (Å²) in [4.78, 5) is 24.9. The van der Waals surface area contributed by atoms with Crippen LogP contribution in [0.4, 0.5) is 0 Å². The molecule has 1 aliphatic rings. The first-order valence-electron chi connectivity index (χ1n) is 6.03. The molecule has 1 amide bonds. The Hall–Kier alpha value is -1.10. The Balaban J connectivity index is 2.31. The molecule has 1 N–H and O–H groups in total. The topological polar surface area (TPSA) is 58.6 Å². The predicted molar refractivity (Wildman–Crippen MR) is 64.5 cm³/mol. The molecule has 1 aliphatic heterocycles. The number of ether oxygens (including phenoxy) is 1. The third-order valence-corrected chi connectivity index (χ3v) is 3.41. The van der Waals surface area contributed by atoms with Crippen LogP contribution in [0.25, 0.3) is 0 Å². The Morgan fingerprint density at radius 3 is 2.76 bits per heavy atom. The van der Waals surface area contributed by atoms with Crippen molar-refractivity contribution in [3.8, 4) is 0 Å². The first kappa shape index (κ1) is 14.0. The molecule has 17 heavy (non-hydrogen) atoms. The molecule has 98 valence electrons. The largest absolute Gasteiger partial charge is 0.469 e. The molecule has 0 aromatic carbocycles. The number of hydrogen-bond donors (Lipinski definition) is 1. The summed E-state index contributed by atoms with van der Waals surface area (Å²) in [6.07, 6.45) is 2.12. The zero-order valence-electron chi connectivity index (χ0n) is 10.9. The molecule has 0 spiro atoms. The van der Waals surface area contributed by atoms with Gasteiger partial charge in [0.15, 0.2) is 0 Å². The van der Waals surface area contributed by atoms with Gasteiger partial charge in [-0.2, -0.15) is 0 Å². The van der Waals surface area contributed by atoms with Crippen molar-refractivity contribution in [2.75, 3.05) is 33.8 Å². The van der Waals surface area contributed by atoms with Gasteiger partial charge in [0.1, 0.15) is 0 Å². The lowest BCUT2D eigenvalue weighted by molar-refractivity contribution is -0.140. The smallest absolute Gasteiger partial charge is 0.305 e. The summed E-state index contributed by atoms with van der Waals surface area (Å²) < 4.78 is 4.59. The summed E-state index contributed by atoms with van der Waals surface area (Å²) in [6.45, 7) is 4.53. The van der Waals surface area contributed by atoms with E-state index in [2.05, 4.69) is 15.0 Å². The highest BCUT2D eigenvalue weighted by Crippen LogP contribution is 2.30. The Morgan fingerprint density at radius 2 is 2.18 bits per heavy atom. The molecule has 5 nitrogen and oxygen atoms in total. The van der Waals surface area contributed by atoms with E-state index < -0.39 is 0 Å². The van der Waals surface area contributed by atoms with Gasteiger partial charge in [-0.15, -0.1) is 0 Å². The van der Waals surface area contributed by atoms with Crippen LogP contribution in [0, 0.1) is 5.41 Å². The van der Waals surface area contributed by atoms with E-state index in [-0.39, 0.29) is 17.3 Å². The van der Waals surface area contributed by atoms with Crippen molar-refractivity contribution in [1.29, 1.82) is 0 Å². The highest BCUT2D eigenvalue weighted by Gasteiger charge is 2.39. The highest BCUT2D eigenvalue weighted by molar-refractivity contribution is 5.82. The third-order valence-electron chi connectivity index (χ3n) is 3.41. The maximum Gasteiger partial charge on any atom is 0.305 e. The van der Waals surface area contributed by atoms with Gasteiger partial charge >= 0.3 is 5.97 Å². The number of carbonyl (C=O) groups excluding carboxylic acids is 2. The summed E-state index contributed by atoms with van der Waals surface area (Å²) in [5, 5.41) is 2.71. The number of methoxy groups -OCH3 is 1. The number of nitrogens with one attached hydrogen (secondary N) is 1. The predicted octanol–water partition coefficient (Wildman–Crippen LogP) is 0.398. The van der Waals surface area contributed by atoms with Crippen LogP contribution >= 0.6 is 0 Å². The molecule has 1 heterocycles. The van der Waals surface area contributed by atoms with Gasteiger partial charge in [-0.3, -0.25) is 9.59 Å². The van der Waals surface area contributed by atoms with E-state index in [1.807, 2.05) is 6.92 Å². The fourth-order valence-corrected chi connectivity index (χ4v) is 2.28. The van der Waals surface area contributed by atoms with Gasteiger partial charge in [-0.05, 0) is 32.9 Å². The molecule has 1 saturated heterocycles. The van der Waals surface area contributed by atoms with Crippen molar-refractivity contribution in [2.24, 2.45) is 5.41 Å². The Bertz CT molecular complexity index is 293. The van der Waals surface area contributed by atoms with Gasteiger partial charge in [-0.1, -0.05) is 0 Å². The van der Waals surface area contributed by atoms with E-state index in [9.17, 15) is 9.59 Å². The Morgan fingerprint density at radius 1 is 1.47 bits per heavy atom. The first-order valence-corrected chi connectivity index (χ1v) is 6.03. The van der Waals surface area contributed by atoms with Crippen molar-refractivity contribution in [3.05, 3.63) is 0 Å². The molecule has 1 fully saturated rings. The molecule has 1 rings (SSSR count). The quantitative estimate of drug-likeness (QED) is 0.709. The Labute approximate surface area is 102 Å². The lowest BCUT2D eigenvalue weighted by Gasteiger charge is -2.22. The molecule has 0 saturated carbocycles. The summed E-state index contributed by atoms with van der Waals surface area (Å²) in [5.74, 6) is -0.0637. The molecule has 5 heteroatoms. The van der Waals surface area contributed by atoms with Crippen LogP contribution in [0.5, 0.6) is 0 Å². The van der Waals surface area contributed by atoms with Crippen LogP contribution in [0.1, 0.15) is 26.2 Å². The van der Waals surface area contributed by atoms with E-state index >= 15 is 0 Å². The fraction of sp³-hybridized carbons (Fsp3) is 0.833. The van der Waals surface area contributed by atoms with E-state index in [0.29, 0.717) is 6.42 Å².